The fourth-order valence-electron chi connectivity index (χ4n) is 3.22. The number of furan rings is 1. The molecule has 1 aromatic rings. The molecule has 3 heterocycles. The molecule has 2 aliphatic heterocycles. The van der Waals surface area contributed by atoms with Gasteiger partial charge in [-0.25, -0.2) is 5.84 Å². The molecular formula is C14H20N4O3. The monoisotopic (exact) mass is 292 g/mol. The van der Waals surface area contributed by atoms with Crippen LogP contribution in [0, 0.1) is 5.92 Å². The Morgan fingerprint density at radius 2 is 2.38 bits per heavy atom. The number of fused-ring (bicyclic) bond motifs is 1. The van der Waals surface area contributed by atoms with Crippen LogP contribution in [0.1, 0.15) is 35.4 Å². The summed E-state index contributed by atoms with van der Waals surface area (Å²) in [4.78, 5) is 25.1. The maximum Gasteiger partial charge on any atom is 0.268 e. The van der Waals surface area contributed by atoms with E-state index in [9.17, 15) is 9.59 Å². The van der Waals surface area contributed by atoms with Crippen molar-refractivity contribution >= 4 is 11.8 Å². The van der Waals surface area contributed by atoms with Gasteiger partial charge in [-0.3, -0.25) is 19.9 Å². The lowest BCUT2D eigenvalue weighted by atomic mass is 9.85. The third-order valence-electron chi connectivity index (χ3n) is 4.33. The highest BCUT2D eigenvalue weighted by molar-refractivity contribution is 5.93. The number of carbonyl (C=O) groups excluding carboxylic acids is 2. The molecule has 3 rings (SSSR count). The van der Waals surface area contributed by atoms with E-state index in [0.717, 1.165) is 31.7 Å². The fourth-order valence-corrected chi connectivity index (χ4v) is 3.22. The van der Waals surface area contributed by atoms with Crippen molar-refractivity contribution in [1.29, 1.82) is 0 Å². The van der Waals surface area contributed by atoms with E-state index in [4.69, 9.17) is 10.3 Å². The Balaban J connectivity index is 1.58. The van der Waals surface area contributed by atoms with Gasteiger partial charge in [0.1, 0.15) is 12.0 Å². The minimum Gasteiger partial charge on any atom is -0.467 e. The van der Waals surface area contributed by atoms with Crippen molar-refractivity contribution in [2.24, 2.45) is 11.8 Å². The molecule has 2 aliphatic rings. The van der Waals surface area contributed by atoms with Gasteiger partial charge in [-0.15, -0.1) is 0 Å². The number of hydrogen-bond donors (Lipinski definition) is 3. The zero-order valence-electron chi connectivity index (χ0n) is 11.8. The van der Waals surface area contributed by atoms with E-state index in [-0.39, 0.29) is 11.8 Å². The zero-order valence-corrected chi connectivity index (χ0v) is 11.8. The average molecular weight is 292 g/mol. The van der Waals surface area contributed by atoms with Gasteiger partial charge in [0.15, 0.2) is 0 Å². The van der Waals surface area contributed by atoms with E-state index in [0.29, 0.717) is 30.5 Å². The van der Waals surface area contributed by atoms with Crippen LogP contribution in [0.5, 0.6) is 0 Å². The molecule has 0 aliphatic carbocycles. The summed E-state index contributed by atoms with van der Waals surface area (Å²) in [5.41, 5.74) is 2.52. The molecule has 2 unspecified atom stereocenters. The molecule has 4 N–H and O–H groups in total. The van der Waals surface area contributed by atoms with Crippen LogP contribution in [0.25, 0.3) is 0 Å². The highest BCUT2D eigenvalue weighted by atomic mass is 16.3. The molecule has 0 saturated carbocycles. The topological polar surface area (TPSA) is 101 Å². The number of nitrogens with two attached hydrogens (primary N) is 1. The lowest BCUT2D eigenvalue weighted by molar-refractivity contribution is -0.125. The summed E-state index contributed by atoms with van der Waals surface area (Å²) in [5, 5.41) is 3.07. The number of hydrogen-bond acceptors (Lipinski definition) is 5. The lowest BCUT2D eigenvalue weighted by Gasteiger charge is -2.41. The van der Waals surface area contributed by atoms with Gasteiger partial charge in [0.25, 0.3) is 5.91 Å². The van der Waals surface area contributed by atoms with Crippen molar-refractivity contribution in [2.45, 2.75) is 31.8 Å². The van der Waals surface area contributed by atoms with Crippen molar-refractivity contribution in [3.63, 3.8) is 0 Å². The Labute approximate surface area is 122 Å². The Morgan fingerprint density at radius 1 is 1.52 bits per heavy atom. The van der Waals surface area contributed by atoms with E-state index >= 15 is 0 Å². The van der Waals surface area contributed by atoms with Crippen LogP contribution in [-0.4, -0.2) is 35.8 Å². The van der Waals surface area contributed by atoms with E-state index in [1.54, 1.807) is 6.07 Å². The molecule has 7 heteroatoms. The largest absolute Gasteiger partial charge is 0.467 e. The predicted molar refractivity (Wildman–Crippen MR) is 74.9 cm³/mol. The molecule has 21 heavy (non-hydrogen) atoms. The molecule has 2 saturated heterocycles. The molecule has 2 amide bonds. The first-order valence-corrected chi connectivity index (χ1v) is 7.26. The smallest absolute Gasteiger partial charge is 0.268 e. The summed E-state index contributed by atoms with van der Waals surface area (Å²) in [7, 11) is 0. The van der Waals surface area contributed by atoms with Crippen LogP contribution in [0.15, 0.2) is 16.7 Å². The van der Waals surface area contributed by atoms with Crippen molar-refractivity contribution in [3.05, 3.63) is 23.7 Å². The van der Waals surface area contributed by atoms with Crippen LogP contribution in [0.2, 0.25) is 0 Å². The van der Waals surface area contributed by atoms with Gasteiger partial charge in [0, 0.05) is 25.6 Å². The van der Waals surface area contributed by atoms with Gasteiger partial charge in [-0.1, -0.05) is 0 Å². The average Bonchev–Trinajstić information content (AvgIpc) is 2.95. The number of carbonyl (C=O) groups is 2. The summed E-state index contributed by atoms with van der Waals surface area (Å²) >= 11 is 0. The first-order chi connectivity index (χ1) is 10.2. The number of nitrogens with one attached hydrogen (secondary N) is 2. The summed E-state index contributed by atoms with van der Waals surface area (Å²) in [5.74, 6) is 6.19. The first kappa shape index (κ1) is 14.1. The lowest BCUT2D eigenvalue weighted by Crippen LogP contribution is -2.53. The zero-order chi connectivity index (χ0) is 14.8. The van der Waals surface area contributed by atoms with Crippen LogP contribution >= 0.6 is 0 Å². The van der Waals surface area contributed by atoms with Gasteiger partial charge in [0.05, 0.1) is 12.1 Å². The summed E-state index contributed by atoms with van der Waals surface area (Å²) in [6.45, 7) is 2.54. The molecule has 0 bridgehead atoms. The molecule has 7 nitrogen and oxygen atoms in total. The molecule has 114 valence electrons. The highest BCUT2D eigenvalue weighted by Gasteiger charge is 2.33. The standard InChI is InChI=1S/C14H20N4O3/c15-17-14(20)10-5-11(21-8-10)7-18-4-3-12-9(6-18)1-2-13(19)16-12/h5,8-9,12H,1-4,6-7,15H2,(H,16,19)(H,17,20). The maximum atomic E-state index is 11.4. The molecule has 2 fully saturated rings. The molecular weight excluding hydrogens is 272 g/mol. The SMILES string of the molecule is NNC(=O)c1coc(CN2CCC3NC(=O)CCC3C2)c1. The Morgan fingerprint density at radius 3 is 3.19 bits per heavy atom. The number of hydrazine groups is 1. The van der Waals surface area contributed by atoms with Gasteiger partial charge in [0.2, 0.25) is 5.91 Å². The van der Waals surface area contributed by atoms with E-state index in [1.807, 2.05) is 0 Å². The van der Waals surface area contributed by atoms with E-state index in [1.165, 1.54) is 6.26 Å². The Bertz CT molecular complexity index is 542. The second-order valence-electron chi connectivity index (χ2n) is 5.77. The third kappa shape index (κ3) is 3.08. The second-order valence-corrected chi connectivity index (χ2v) is 5.77. The Kier molecular flexibility index (Phi) is 3.94. The van der Waals surface area contributed by atoms with E-state index in [2.05, 4.69) is 15.6 Å². The number of likely N-dealkylation sites (tertiary alicyclic amines) is 1. The van der Waals surface area contributed by atoms with Crippen LogP contribution in [-0.2, 0) is 11.3 Å². The number of amides is 2. The van der Waals surface area contributed by atoms with Crippen LogP contribution < -0.4 is 16.6 Å². The van der Waals surface area contributed by atoms with E-state index < -0.39 is 0 Å². The number of nitrogen functional groups attached to an aromatic ring is 1. The minimum absolute atomic E-state index is 0.174. The second kappa shape index (κ2) is 5.87. The van der Waals surface area contributed by atoms with Crippen molar-refractivity contribution in [3.8, 4) is 0 Å². The molecule has 0 spiro atoms. The molecule has 0 aromatic carbocycles. The van der Waals surface area contributed by atoms with Gasteiger partial charge < -0.3 is 9.73 Å². The Hall–Kier alpha value is -1.86. The van der Waals surface area contributed by atoms with Crippen LogP contribution in [0.4, 0.5) is 0 Å². The van der Waals surface area contributed by atoms with Crippen molar-refractivity contribution in [1.82, 2.24) is 15.6 Å². The maximum absolute atomic E-state index is 11.4. The number of rotatable bonds is 3. The first-order valence-electron chi connectivity index (χ1n) is 7.26. The highest BCUT2D eigenvalue weighted by Crippen LogP contribution is 2.26. The quantitative estimate of drug-likeness (QED) is 0.413. The van der Waals surface area contributed by atoms with Crippen molar-refractivity contribution < 1.29 is 14.0 Å². The normalized spacial score (nSPS) is 26.0. The van der Waals surface area contributed by atoms with Gasteiger partial charge in [-0.05, 0) is 24.8 Å². The summed E-state index contributed by atoms with van der Waals surface area (Å²) in [6, 6.07) is 2.04. The molecule has 0 radical (unpaired) electrons. The summed E-state index contributed by atoms with van der Waals surface area (Å²) < 4.78 is 5.42. The molecule has 1 aromatic heterocycles. The van der Waals surface area contributed by atoms with Gasteiger partial charge in [-0.2, -0.15) is 0 Å². The minimum atomic E-state index is -0.348. The predicted octanol–water partition coefficient (Wildman–Crippen LogP) is -0.0164. The fraction of sp³-hybridized carbons (Fsp3) is 0.571. The van der Waals surface area contributed by atoms with Crippen molar-refractivity contribution in [2.75, 3.05) is 13.1 Å². The summed E-state index contributed by atoms with van der Waals surface area (Å²) in [6.07, 6.45) is 3.96. The third-order valence-corrected chi connectivity index (χ3v) is 4.33. The van der Waals surface area contributed by atoms with Gasteiger partial charge >= 0.3 is 0 Å². The molecule has 2 atom stereocenters. The van der Waals surface area contributed by atoms with Crippen LogP contribution in [0.3, 0.4) is 0 Å². The number of piperidine rings is 2. The number of nitrogens with zero attached hydrogens (tertiary/aromatic N) is 1.